The molecule has 1 aromatic heterocycles. The molecule has 0 saturated carbocycles. The van der Waals surface area contributed by atoms with Gasteiger partial charge in [0.15, 0.2) is 0 Å². The standard InChI is InChI=1S/C14H15ClN2O4/c1-19-10-5-4-8(15)6-9(10)13(18)12-14(21-3)17-11(20-2)7-16-12/h4-7,13,18H,1-3H3. The zero-order valence-electron chi connectivity index (χ0n) is 11.8. The van der Waals surface area contributed by atoms with Gasteiger partial charge in [0.05, 0.1) is 27.5 Å². The molecular weight excluding hydrogens is 296 g/mol. The van der Waals surface area contributed by atoms with E-state index in [1.54, 1.807) is 18.2 Å². The summed E-state index contributed by atoms with van der Waals surface area (Å²) in [5, 5.41) is 11.0. The zero-order chi connectivity index (χ0) is 15.4. The zero-order valence-corrected chi connectivity index (χ0v) is 12.6. The average Bonchev–Trinajstić information content (AvgIpc) is 2.53. The van der Waals surface area contributed by atoms with Gasteiger partial charge in [0.2, 0.25) is 11.8 Å². The van der Waals surface area contributed by atoms with Crippen LogP contribution in [0.5, 0.6) is 17.5 Å². The second kappa shape index (κ2) is 6.60. The number of halogens is 1. The fraction of sp³-hybridized carbons (Fsp3) is 0.286. The monoisotopic (exact) mass is 310 g/mol. The average molecular weight is 311 g/mol. The Morgan fingerprint density at radius 3 is 2.52 bits per heavy atom. The van der Waals surface area contributed by atoms with Crippen LogP contribution in [0, 0.1) is 0 Å². The lowest BCUT2D eigenvalue weighted by atomic mass is 10.1. The van der Waals surface area contributed by atoms with E-state index in [2.05, 4.69) is 9.97 Å². The first-order valence-electron chi connectivity index (χ1n) is 6.07. The minimum absolute atomic E-state index is 0.170. The van der Waals surface area contributed by atoms with Crippen LogP contribution in [0.4, 0.5) is 0 Å². The van der Waals surface area contributed by atoms with E-state index in [-0.39, 0.29) is 11.6 Å². The molecule has 21 heavy (non-hydrogen) atoms. The van der Waals surface area contributed by atoms with E-state index in [0.29, 0.717) is 22.2 Å². The van der Waals surface area contributed by atoms with E-state index >= 15 is 0 Å². The van der Waals surface area contributed by atoms with Gasteiger partial charge in [0.25, 0.3) is 0 Å². The van der Waals surface area contributed by atoms with E-state index in [0.717, 1.165) is 0 Å². The van der Waals surface area contributed by atoms with E-state index < -0.39 is 6.10 Å². The molecular formula is C14H15ClN2O4. The maximum atomic E-state index is 10.5. The van der Waals surface area contributed by atoms with Crippen LogP contribution in [0.15, 0.2) is 24.4 Å². The van der Waals surface area contributed by atoms with Gasteiger partial charge in [-0.3, -0.25) is 0 Å². The Morgan fingerprint density at radius 2 is 1.90 bits per heavy atom. The fourth-order valence-corrected chi connectivity index (χ4v) is 2.05. The van der Waals surface area contributed by atoms with E-state index in [1.165, 1.54) is 27.5 Å². The topological polar surface area (TPSA) is 73.7 Å². The molecule has 7 heteroatoms. The van der Waals surface area contributed by atoms with Gasteiger partial charge in [-0.2, -0.15) is 4.98 Å². The van der Waals surface area contributed by atoms with Gasteiger partial charge in [0, 0.05) is 10.6 Å². The lowest BCUT2D eigenvalue weighted by Crippen LogP contribution is -2.08. The summed E-state index contributed by atoms with van der Waals surface area (Å²) in [6.45, 7) is 0. The molecule has 0 aliphatic heterocycles. The van der Waals surface area contributed by atoms with E-state index in [1.807, 2.05) is 0 Å². The normalized spacial score (nSPS) is 11.9. The highest BCUT2D eigenvalue weighted by atomic mass is 35.5. The molecule has 2 rings (SSSR count). The fourth-order valence-electron chi connectivity index (χ4n) is 1.87. The number of aliphatic hydroxyl groups excluding tert-OH is 1. The molecule has 2 aromatic rings. The molecule has 0 spiro atoms. The number of hydrogen-bond donors (Lipinski definition) is 1. The molecule has 1 atom stereocenters. The summed E-state index contributed by atoms with van der Waals surface area (Å²) in [5.74, 6) is 0.955. The first-order valence-corrected chi connectivity index (χ1v) is 6.45. The Balaban J connectivity index is 2.49. The first kappa shape index (κ1) is 15.3. The van der Waals surface area contributed by atoms with Gasteiger partial charge in [-0.1, -0.05) is 11.6 Å². The van der Waals surface area contributed by atoms with Crippen LogP contribution in [-0.4, -0.2) is 36.4 Å². The summed E-state index contributed by atoms with van der Waals surface area (Å²) >= 11 is 5.97. The quantitative estimate of drug-likeness (QED) is 0.913. The van der Waals surface area contributed by atoms with Crippen LogP contribution in [0.3, 0.4) is 0 Å². The summed E-state index contributed by atoms with van der Waals surface area (Å²) in [6.07, 6.45) is 0.310. The van der Waals surface area contributed by atoms with Crippen LogP contribution in [0.2, 0.25) is 5.02 Å². The highest BCUT2D eigenvalue weighted by Crippen LogP contribution is 2.34. The summed E-state index contributed by atoms with van der Waals surface area (Å²) in [5.41, 5.74) is 0.724. The number of benzene rings is 1. The molecule has 0 amide bonds. The van der Waals surface area contributed by atoms with Crippen molar-refractivity contribution in [2.45, 2.75) is 6.10 Å². The minimum Gasteiger partial charge on any atom is -0.496 e. The molecule has 0 bridgehead atoms. The number of ether oxygens (including phenoxy) is 3. The van der Waals surface area contributed by atoms with Crippen molar-refractivity contribution in [3.63, 3.8) is 0 Å². The third-order valence-corrected chi connectivity index (χ3v) is 3.13. The summed E-state index contributed by atoms with van der Waals surface area (Å²) in [7, 11) is 4.42. The van der Waals surface area contributed by atoms with Crippen LogP contribution < -0.4 is 14.2 Å². The van der Waals surface area contributed by atoms with Crippen LogP contribution in [0.25, 0.3) is 0 Å². The van der Waals surface area contributed by atoms with E-state index in [9.17, 15) is 5.11 Å². The van der Waals surface area contributed by atoms with Crippen molar-refractivity contribution < 1.29 is 19.3 Å². The van der Waals surface area contributed by atoms with Crippen LogP contribution in [-0.2, 0) is 0 Å². The predicted octanol–water partition coefficient (Wildman–Crippen LogP) is 2.24. The molecule has 0 aliphatic rings. The summed E-state index contributed by atoms with van der Waals surface area (Å²) in [6, 6.07) is 4.95. The number of aliphatic hydroxyl groups is 1. The Bertz CT molecular complexity index is 636. The molecule has 1 unspecified atom stereocenters. The number of aromatic nitrogens is 2. The van der Waals surface area contributed by atoms with Crippen molar-refractivity contribution in [3.05, 3.63) is 40.7 Å². The summed E-state index contributed by atoms with van der Waals surface area (Å²) in [4.78, 5) is 8.23. The van der Waals surface area contributed by atoms with Gasteiger partial charge < -0.3 is 19.3 Å². The van der Waals surface area contributed by atoms with Crippen molar-refractivity contribution in [2.75, 3.05) is 21.3 Å². The summed E-state index contributed by atoms with van der Waals surface area (Å²) < 4.78 is 15.4. The first-order chi connectivity index (χ1) is 10.1. The maximum Gasteiger partial charge on any atom is 0.241 e. The predicted molar refractivity (Wildman–Crippen MR) is 77.2 cm³/mol. The van der Waals surface area contributed by atoms with Gasteiger partial charge in [-0.25, -0.2) is 4.98 Å². The SMILES string of the molecule is COc1cnc(C(O)c2cc(Cl)ccc2OC)c(OC)n1. The van der Waals surface area contributed by atoms with Crippen LogP contribution in [0.1, 0.15) is 17.4 Å². The third-order valence-electron chi connectivity index (χ3n) is 2.89. The Morgan fingerprint density at radius 1 is 1.14 bits per heavy atom. The second-order valence-electron chi connectivity index (χ2n) is 4.10. The second-order valence-corrected chi connectivity index (χ2v) is 4.53. The minimum atomic E-state index is -1.09. The molecule has 1 N–H and O–H groups in total. The van der Waals surface area contributed by atoms with Crippen LogP contribution >= 0.6 is 11.6 Å². The van der Waals surface area contributed by atoms with Crippen molar-refractivity contribution in [2.24, 2.45) is 0 Å². The highest BCUT2D eigenvalue weighted by molar-refractivity contribution is 6.30. The molecule has 0 radical (unpaired) electrons. The Hall–Kier alpha value is -2.05. The molecule has 1 heterocycles. The van der Waals surface area contributed by atoms with Crippen molar-refractivity contribution in [1.82, 2.24) is 9.97 Å². The molecule has 0 aliphatic carbocycles. The Labute approximate surface area is 127 Å². The Kier molecular flexibility index (Phi) is 4.82. The molecule has 0 saturated heterocycles. The molecule has 1 aromatic carbocycles. The highest BCUT2D eigenvalue weighted by Gasteiger charge is 2.22. The number of methoxy groups -OCH3 is 3. The number of nitrogens with zero attached hydrogens (tertiary/aromatic N) is 2. The van der Waals surface area contributed by atoms with Gasteiger partial charge in [-0.15, -0.1) is 0 Å². The lowest BCUT2D eigenvalue weighted by molar-refractivity contribution is 0.202. The number of hydrogen-bond acceptors (Lipinski definition) is 6. The van der Waals surface area contributed by atoms with E-state index in [4.69, 9.17) is 25.8 Å². The van der Waals surface area contributed by atoms with Gasteiger partial charge in [-0.05, 0) is 18.2 Å². The molecule has 112 valence electrons. The largest absolute Gasteiger partial charge is 0.496 e. The lowest BCUT2D eigenvalue weighted by Gasteiger charge is -2.16. The van der Waals surface area contributed by atoms with Gasteiger partial charge in [0.1, 0.15) is 17.5 Å². The van der Waals surface area contributed by atoms with Crippen molar-refractivity contribution >= 4 is 11.6 Å². The smallest absolute Gasteiger partial charge is 0.241 e. The molecule has 6 nitrogen and oxygen atoms in total. The van der Waals surface area contributed by atoms with Gasteiger partial charge >= 0.3 is 0 Å². The number of rotatable bonds is 5. The van der Waals surface area contributed by atoms with Crippen molar-refractivity contribution in [3.8, 4) is 17.5 Å². The third kappa shape index (κ3) is 3.17. The maximum absolute atomic E-state index is 10.5. The molecule has 0 fully saturated rings. The van der Waals surface area contributed by atoms with Crippen molar-refractivity contribution in [1.29, 1.82) is 0 Å².